The maximum absolute atomic E-state index is 9.75. The van der Waals surface area contributed by atoms with Crippen molar-refractivity contribution in [2.24, 2.45) is 0 Å². The molecule has 0 radical (unpaired) electrons. The van der Waals surface area contributed by atoms with Gasteiger partial charge in [-0.15, -0.1) is 0 Å². The molecule has 2 aromatic heterocycles. The lowest BCUT2D eigenvalue weighted by molar-refractivity contribution is 0.198. The Hall–Kier alpha value is -1.68. The van der Waals surface area contributed by atoms with Gasteiger partial charge in [0.25, 0.3) is 0 Å². The number of aromatic nitrogens is 3. The third kappa shape index (κ3) is 1.96. The standard InChI is InChI=1S/C13H17N3O/c1-8-9(2)15-16(10(8)3)13-12(11(4)17)6-5-7-14-13/h5-7,11,17H,1-4H3/t11-/m1/s1. The highest BCUT2D eigenvalue weighted by molar-refractivity contribution is 5.38. The largest absolute Gasteiger partial charge is 0.389 e. The highest BCUT2D eigenvalue weighted by Gasteiger charge is 2.15. The summed E-state index contributed by atoms with van der Waals surface area (Å²) in [6, 6.07) is 3.70. The average molecular weight is 231 g/mol. The van der Waals surface area contributed by atoms with Crippen LogP contribution in [-0.4, -0.2) is 19.9 Å². The van der Waals surface area contributed by atoms with Crippen molar-refractivity contribution in [1.82, 2.24) is 14.8 Å². The topological polar surface area (TPSA) is 50.9 Å². The Labute approximate surface area is 101 Å². The first-order chi connectivity index (χ1) is 8.02. The zero-order valence-corrected chi connectivity index (χ0v) is 10.6. The van der Waals surface area contributed by atoms with Gasteiger partial charge in [0.1, 0.15) is 0 Å². The van der Waals surface area contributed by atoms with E-state index in [1.54, 1.807) is 17.8 Å². The first-order valence-corrected chi connectivity index (χ1v) is 5.68. The van der Waals surface area contributed by atoms with Crippen molar-refractivity contribution in [3.8, 4) is 5.82 Å². The molecule has 1 atom stereocenters. The van der Waals surface area contributed by atoms with Gasteiger partial charge in [-0.3, -0.25) is 0 Å². The Bertz CT molecular complexity index is 544. The van der Waals surface area contributed by atoms with E-state index in [0.29, 0.717) is 5.82 Å². The fourth-order valence-electron chi connectivity index (χ4n) is 1.84. The lowest BCUT2D eigenvalue weighted by Crippen LogP contribution is -2.08. The molecule has 0 aliphatic rings. The lowest BCUT2D eigenvalue weighted by atomic mass is 10.1. The van der Waals surface area contributed by atoms with E-state index >= 15 is 0 Å². The fourth-order valence-corrected chi connectivity index (χ4v) is 1.84. The summed E-state index contributed by atoms with van der Waals surface area (Å²) >= 11 is 0. The average Bonchev–Trinajstić information content (AvgIpc) is 2.57. The predicted octanol–water partition coefficient (Wildman–Crippen LogP) is 2.25. The van der Waals surface area contributed by atoms with E-state index in [2.05, 4.69) is 10.1 Å². The van der Waals surface area contributed by atoms with Crippen LogP contribution in [0.1, 0.15) is 35.5 Å². The minimum atomic E-state index is -0.553. The number of hydrogen-bond donors (Lipinski definition) is 1. The molecule has 0 spiro atoms. The van der Waals surface area contributed by atoms with E-state index in [0.717, 1.165) is 22.5 Å². The van der Waals surface area contributed by atoms with E-state index in [4.69, 9.17) is 0 Å². The molecule has 0 aromatic carbocycles. The van der Waals surface area contributed by atoms with Crippen molar-refractivity contribution in [2.45, 2.75) is 33.8 Å². The Kier molecular flexibility index (Phi) is 2.98. The van der Waals surface area contributed by atoms with Gasteiger partial charge in [0.15, 0.2) is 5.82 Å². The lowest BCUT2D eigenvalue weighted by Gasteiger charge is -2.11. The van der Waals surface area contributed by atoms with E-state index in [1.807, 2.05) is 32.9 Å². The number of nitrogens with zero attached hydrogens (tertiary/aromatic N) is 3. The summed E-state index contributed by atoms with van der Waals surface area (Å²) < 4.78 is 1.80. The molecule has 4 heteroatoms. The van der Waals surface area contributed by atoms with Crippen molar-refractivity contribution >= 4 is 0 Å². The number of aliphatic hydroxyl groups excluding tert-OH is 1. The quantitative estimate of drug-likeness (QED) is 0.862. The van der Waals surface area contributed by atoms with Crippen molar-refractivity contribution in [1.29, 1.82) is 0 Å². The van der Waals surface area contributed by atoms with Gasteiger partial charge in [-0.05, 0) is 39.3 Å². The van der Waals surface area contributed by atoms with Crippen LogP contribution in [0, 0.1) is 20.8 Å². The van der Waals surface area contributed by atoms with E-state index in [1.165, 1.54) is 0 Å². The molecule has 0 bridgehead atoms. The van der Waals surface area contributed by atoms with Gasteiger partial charge in [0.05, 0.1) is 11.8 Å². The van der Waals surface area contributed by atoms with Gasteiger partial charge in [0, 0.05) is 17.5 Å². The molecule has 0 amide bonds. The Morgan fingerprint density at radius 2 is 2.00 bits per heavy atom. The van der Waals surface area contributed by atoms with Gasteiger partial charge in [-0.1, -0.05) is 6.07 Å². The van der Waals surface area contributed by atoms with Crippen LogP contribution in [0.4, 0.5) is 0 Å². The molecule has 1 N–H and O–H groups in total. The molecule has 4 nitrogen and oxygen atoms in total. The van der Waals surface area contributed by atoms with Crippen LogP contribution in [0.25, 0.3) is 5.82 Å². The molecular formula is C13H17N3O. The monoisotopic (exact) mass is 231 g/mol. The molecule has 17 heavy (non-hydrogen) atoms. The second-order valence-electron chi connectivity index (χ2n) is 4.30. The molecule has 0 saturated carbocycles. The Morgan fingerprint density at radius 1 is 1.29 bits per heavy atom. The second-order valence-corrected chi connectivity index (χ2v) is 4.30. The maximum Gasteiger partial charge on any atom is 0.159 e. The molecule has 0 fully saturated rings. The summed E-state index contributed by atoms with van der Waals surface area (Å²) in [5.41, 5.74) is 4.00. The van der Waals surface area contributed by atoms with Crippen molar-refractivity contribution in [3.05, 3.63) is 40.8 Å². The Morgan fingerprint density at radius 3 is 2.53 bits per heavy atom. The molecular weight excluding hydrogens is 214 g/mol. The number of aliphatic hydroxyl groups is 1. The molecule has 2 aromatic rings. The third-order valence-electron chi connectivity index (χ3n) is 3.12. The third-order valence-corrected chi connectivity index (χ3v) is 3.12. The number of rotatable bonds is 2. The molecule has 90 valence electrons. The van der Waals surface area contributed by atoms with Crippen LogP contribution < -0.4 is 0 Å². The summed E-state index contributed by atoms with van der Waals surface area (Å²) in [6.45, 7) is 7.76. The molecule has 0 aliphatic heterocycles. The van der Waals surface area contributed by atoms with Crippen LogP contribution >= 0.6 is 0 Å². The van der Waals surface area contributed by atoms with Crippen molar-refractivity contribution in [3.63, 3.8) is 0 Å². The van der Waals surface area contributed by atoms with Crippen LogP contribution in [0.3, 0.4) is 0 Å². The van der Waals surface area contributed by atoms with Crippen molar-refractivity contribution < 1.29 is 5.11 Å². The van der Waals surface area contributed by atoms with Gasteiger partial charge in [-0.25, -0.2) is 9.67 Å². The molecule has 2 heterocycles. The number of aryl methyl sites for hydroxylation is 1. The fraction of sp³-hybridized carbons (Fsp3) is 0.385. The number of pyridine rings is 1. The predicted molar refractivity (Wildman–Crippen MR) is 66.2 cm³/mol. The molecule has 0 saturated heterocycles. The highest BCUT2D eigenvalue weighted by Crippen LogP contribution is 2.22. The molecule has 0 unspecified atom stereocenters. The first kappa shape index (κ1) is 11.8. The zero-order chi connectivity index (χ0) is 12.6. The van der Waals surface area contributed by atoms with Crippen LogP contribution in [0.15, 0.2) is 18.3 Å². The first-order valence-electron chi connectivity index (χ1n) is 5.68. The Balaban J connectivity index is 2.64. The van der Waals surface area contributed by atoms with Gasteiger partial charge in [-0.2, -0.15) is 5.10 Å². The summed E-state index contributed by atoms with van der Waals surface area (Å²) in [4.78, 5) is 4.33. The van der Waals surface area contributed by atoms with Crippen molar-refractivity contribution in [2.75, 3.05) is 0 Å². The molecule has 2 rings (SSSR count). The minimum Gasteiger partial charge on any atom is -0.389 e. The summed E-state index contributed by atoms with van der Waals surface area (Å²) in [5, 5.41) is 14.2. The van der Waals surface area contributed by atoms with Crippen LogP contribution in [0.5, 0.6) is 0 Å². The van der Waals surface area contributed by atoms with Crippen LogP contribution in [-0.2, 0) is 0 Å². The summed E-state index contributed by atoms with van der Waals surface area (Å²) in [6.07, 6.45) is 1.16. The van der Waals surface area contributed by atoms with E-state index in [-0.39, 0.29) is 0 Å². The van der Waals surface area contributed by atoms with E-state index < -0.39 is 6.10 Å². The second kappa shape index (κ2) is 4.30. The van der Waals surface area contributed by atoms with Gasteiger partial charge >= 0.3 is 0 Å². The van der Waals surface area contributed by atoms with Gasteiger partial charge < -0.3 is 5.11 Å². The highest BCUT2D eigenvalue weighted by atomic mass is 16.3. The minimum absolute atomic E-state index is 0.553. The van der Waals surface area contributed by atoms with E-state index in [9.17, 15) is 5.11 Å². The van der Waals surface area contributed by atoms with Gasteiger partial charge in [0.2, 0.25) is 0 Å². The zero-order valence-electron chi connectivity index (χ0n) is 10.6. The SMILES string of the molecule is Cc1nn(-c2ncccc2[C@@H](C)O)c(C)c1C. The maximum atomic E-state index is 9.75. The summed E-state index contributed by atoms with van der Waals surface area (Å²) in [7, 11) is 0. The smallest absolute Gasteiger partial charge is 0.159 e. The number of hydrogen-bond acceptors (Lipinski definition) is 3. The normalized spacial score (nSPS) is 12.8. The summed E-state index contributed by atoms with van der Waals surface area (Å²) in [5.74, 6) is 0.705. The molecule has 0 aliphatic carbocycles. The van der Waals surface area contributed by atoms with Crippen LogP contribution in [0.2, 0.25) is 0 Å².